The summed E-state index contributed by atoms with van der Waals surface area (Å²) in [6.07, 6.45) is 1.50. The number of rotatable bonds is 5. The minimum absolute atomic E-state index is 0.231. The molecule has 0 amide bonds. The minimum atomic E-state index is -0.296. The first-order valence-electron chi connectivity index (χ1n) is 8.10. The maximum absolute atomic E-state index is 13.2. The van der Waals surface area contributed by atoms with Gasteiger partial charge in [0.05, 0.1) is 10.0 Å². The normalized spacial score (nSPS) is 10.9. The number of nitrogens with one attached hydrogen (secondary N) is 1. The summed E-state index contributed by atoms with van der Waals surface area (Å²) in [5.74, 6) is 0.841. The monoisotopic (exact) mass is 400 g/mol. The van der Waals surface area contributed by atoms with Gasteiger partial charge in [0.15, 0.2) is 5.82 Å². The summed E-state index contributed by atoms with van der Waals surface area (Å²) >= 11 is 7.84. The van der Waals surface area contributed by atoms with E-state index in [4.69, 9.17) is 16.3 Å². The van der Waals surface area contributed by atoms with Crippen molar-refractivity contribution in [1.82, 2.24) is 15.0 Å². The Hall–Kier alpha value is -2.77. The average Bonchev–Trinajstić information content (AvgIpc) is 3.02. The molecule has 0 radical (unpaired) electrons. The van der Waals surface area contributed by atoms with Crippen LogP contribution >= 0.6 is 22.9 Å². The lowest BCUT2D eigenvalue weighted by Gasteiger charge is -2.11. The SMILES string of the molecule is Cc1nc2c(Nc3ccc(OCc4cccc(F)c4)c(Cl)c3)ncnc2s1. The summed E-state index contributed by atoms with van der Waals surface area (Å²) in [5, 5.41) is 4.58. The van der Waals surface area contributed by atoms with E-state index in [0.717, 1.165) is 26.6 Å². The zero-order valence-electron chi connectivity index (χ0n) is 14.2. The van der Waals surface area contributed by atoms with Crippen molar-refractivity contribution in [1.29, 1.82) is 0 Å². The third-order valence-corrected chi connectivity index (χ3v) is 4.95. The lowest BCUT2D eigenvalue weighted by atomic mass is 10.2. The Morgan fingerprint density at radius 2 is 2.07 bits per heavy atom. The third kappa shape index (κ3) is 3.99. The van der Waals surface area contributed by atoms with Crippen molar-refractivity contribution in [3.8, 4) is 5.75 Å². The molecule has 0 spiro atoms. The fourth-order valence-electron chi connectivity index (χ4n) is 2.57. The Balaban J connectivity index is 1.51. The number of thiazole rings is 1. The van der Waals surface area contributed by atoms with E-state index >= 15 is 0 Å². The van der Waals surface area contributed by atoms with Crippen LogP contribution in [0, 0.1) is 12.7 Å². The molecular weight excluding hydrogens is 387 g/mol. The fraction of sp³-hybridized carbons (Fsp3) is 0.105. The van der Waals surface area contributed by atoms with Crippen LogP contribution in [0.5, 0.6) is 5.75 Å². The summed E-state index contributed by atoms with van der Waals surface area (Å²) in [4.78, 5) is 13.8. The number of nitrogens with zero attached hydrogens (tertiary/aromatic N) is 3. The molecule has 2 aromatic carbocycles. The van der Waals surface area contributed by atoms with Crippen LogP contribution in [0.15, 0.2) is 48.8 Å². The zero-order valence-corrected chi connectivity index (χ0v) is 15.8. The smallest absolute Gasteiger partial charge is 0.161 e. The van der Waals surface area contributed by atoms with E-state index in [1.807, 2.05) is 13.0 Å². The van der Waals surface area contributed by atoms with Crippen LogP contribution in [-0.2, 0) is 6.61 Å². The van der Waals surface area contributed by atoms with Crippen LogP contribution in [0.1, 0.15) is 10.6 Å². The first kappa shape index (κ1) is 17.6. The Labute approximate surface area is 163 Å². The predicted octanol–water partition coefficient (Wildman–Crippen LogP) is 5.51. The van der Waals surface area contributed by atoms with Crippen molar-refractivity contribution >= 4 is 44.8 Å². The zero-order chi connectivity index (χ0) is 18.8. The molecule has 0 bridgehead atoms. The van der Waals surface area contributed by atoms with Gasteiger partial charge in [0, 0.05) is 5.69 Å². The first-order valence-corrected chi connectivity index (χ1v) is 9.30. The van der Waals surface area contributed by atoms with Crippen LogP contribution in [0.25, 0.3) is 10.3 Å². The fourth-order valence-corrected chi connectivity index (χ4v) is 3.56. The van der Waals surface area contributed by atoms with Gasteiger partial charge in [-0.3, -0.25) is 0 Å². The molecule has 4 aromatic rings. The van der Waals surface area contributed by atoms with E-state index in [1.54, 1.807) is 24.3 Å². The number of fused-ring (bicyclic) bond motifs is 1. The largest absolute Gasteiger partial charge is 0.487 e. The van der Waals surface area contributed by atoms with E-state index in [-0.39, 0.29) is 12.4 Å². The molecule has 4 rings (SSSR count). The van der Waals surface area contributed by atoms with Crippen LogP contribution < -0.4 is 10.1 Å². The molecule has 2 heterocycles. The highest BCUT2D eigenvalue weighted by atomic mass is 35.5. The molecule has 8 heteroatoms. The van der Waals surface area contributed by atoms with Gasteiger partial charge in [-0.15, -0.1) is 0 Å². The highest BCUT2D eigenvalue weighted by Crippen LogP contribution is 2.31. The molecule has 5 nitrogen and oxygen atoms in total. The van der Waals surface area contributed by atoms with Crippen molar-refractivity contribution < 1.29 is 9.13 Å². The molecule has 136 valence electrons. The van der Waals surface area contributed by atoms with Gasteiger partial charge in [0.2, 0.25) is 0 Å². The second-order valence-corrected chi connectivity index (χ2v) is 7.39. The minimum Gasteiger partial charge on any atom is -0.487 e. The van der Waals surface area contributed by atoms with Crippen molar-refractivity contribution in [2.45, 2.75) is 13.5 Å². The predicted molar refractivity (Wildman–Crippen MR) is 105 cm³/mol. The summed E-state index contributed by atoms with van der Waals surface area (Å²) in [5.41, 5.74) is 2.21. The van der Waals surface area contributed by atoms with E-state index in [1.165, 1.54) is 29.8 Å². The maximum Gasteiger partial charge on any atom is 0.161 e. The van der Waals surface area contributed by atoms with Crippen molar-refractivity contribution in [3.63, 3.8) is 0 Å². The van der Waals surface area contributed by atoms with E-state index in [9.17, 15) is 4.39 Å². The van der Waals surface area contributed by atoms with Crippen LogP contribution in [0.3, 0.4) is 0 Å². The Kier molecular flexibility index (Phi) is 4.87. The van der Waals surface area contributed by atoms with E-state index < -0.39 is 0 Å². The van der Waals surface area contributed by atoms with Gasteiger partial charge in [-0.1, -0.05) is 35.1 Å². The molecule has 27 heavy (non-hydrogen) atoms. The van der Waals surface area contributed by atoms with Gasteiger partial charge in [0.1, 0.15) is 34.8 Å². The summed E-state index contributed by atoms with van der Waals surface area (Å²) in [7, 11) is 0. The number of halogens is 2. The second kappa shape index (κ2) is 7.46. The molecular formula is C19H14ClFN4OS. The molecule has 0 aliphatic rings. The van der Waals surface area contributed by atoms with Crippen molar-refractivity contribution in [2.75, 3.05) is 5.32 Å². The Bertz CT molecular complexity index is 1120. The molecule has 0 aliphatic heterocycles. The summed E-state index contributed by atoms with van der Waals surface area (Å²) in [6.45, 7) is 2.16. The summed E-state index contributed by atoms with van der Waals surface area (Å²) in [6, 6.07) is 11.6. The molecule has 2 aromatic heterocycles. The van der Waals surface area contributed by atoms with Gasteiger partial charge in [0.25, 0.3) is 0 Å². The van der Waals surface area contributed by atoms with Gasteiger partial charge in [-0.05, 0) is 42.8 Å². The molecule has 0 saturated carbocycles. The standard InChI is InChI=1S/C19H14ClFN4OS/c1-11-24-17-18(22-10-23-19(17)27-11)25-14-5-6-16(15(20)8-14)26-9-12-3-2-4-13(21)7-12/h2-8,10H,9H2,1H3,(H,22,23,25). The van der Waals surface area contributed by atoms with Crippen molar-refractivity contribution in [2.24, 2.45) is 0 Å². The molecule has 0 aliphatic carbocycles. The van der Waals surface area contributed by atoms with E-state index in [2.05, 4.69) is 20.3 Å². The number of hydrogen-bond donors (Lipinski definition) is 1. The second-order valence-electron chi connectivity index (χ2n) is 5.80. The molecule has 0 unspecified atom stereocenters. The van der Waals surface area contributed by atoms with Gasteiger partial charge >= 0.3 is 0 Å². The molecule has 0 fully saturated rings. The highest BCUT2D eigenvalue weighted by molar-refractivity contribution is 7.18. The number of anilines is 2. The highest BCUT2D eigenvalue weighted by Gasteiger charge is 2.10. The number of aromatic nitrogens is 3. The Morgan fingerprint density at radius 3 is 2.89 bits per heavy atom. The molecule has 1 N–H and O–H groups in total. The quantitative estimate of drug-likeness (QED) is 0.478. The lowest BCUT2D eigenvalue weighted by molar-refractivity contribution is 0.306. The molecule has 0 saturated heterocycles. The molecule has 0 atom stereocenters. The van der Waals surface area contributed by atoms with Gasteiger partial charge < -0.3 is 10.1 Å². The van der Waals surface area contributed by atoms with Gasteiger partial charge in [-0.2, -0.15) is 0 Å². The number of benzene rings is 2. The van der Waals surface area contributed by atoms with Crippen LogP contribution in [0.2, 0.25) is 5.02 Å². The maximum atomic E-state index is 13.2. The number of ether oxygens (including phenoxy) is 1. The average molecular weight is 401 g/mol. The van der Waals surface area contributed by atoms with Crippen LogP contribution in [-0.4, -0.2) is 15.0 Å². The summed E-state index contributed by atoms with van der Waals surface area (Å²) < 4.78 is 18.9. The Morgan fingerprint density at radius 1 is 1.19 bits per heavy atom. The van der Waals surface area contributed by atoms with E-state index in [0.29, 0.717) is 16.6 Å². The van der Waals surface area contributed by atoms with Crippen molar-refractivity contribution in [3.05, 3.63) is 70.2 Å². The number of aryl methyl sites for hydroxylation is 1. The van der Waals surface area contributed by atoms with Crippen LogP contribution in [0.4, 0.5) is 15.9 Å². The third-order valence-electron chi connectivity index (χ3n) is 3.78. The van der Waals surface area contributed by atoms with Gasteiger partial charge in [-0.25, -0.2) is 19.3 Å². The first-order chi connectivity index (χ1) is 13.1. The lowest BCUT2D eigenvalue weighted by Crippen LogP contribution is -1.98. The topological polar surface area (TPSA) is 59.9 Å². The number of hydrogen-bond acceptors (Lipinski definition) is 6.